The van der Waals surface area contributed by atoms with Crippen LogP contribution in [0, 0.1) is 0 Å². The van der Waals surface area contributed by atoms with Gasteiger partial charge in [-0.3, -0.25) is 4.79 Å². The van der Waals surface area contributed by atoms with Crippen molar-refractivity contribution in [1.82, 2.24) is 10.5 Å². The molecular formula is C7H10N2O3. The molecule has 0 aliphatic carbocycles. The zero-order valence-corrected chi connectivity index (χ0v) is 6.74. The molecule has 0 aromatic carbocycles. The fourth-order valence-corrected chi connectivity index (χ4v) is 0.686. The lowest BCUT2D eigenvalue weighted by Crippen LogP contribution is -2.26. The Kier molecular flexibility index (Phi) is 3.28. The van der Waals surface area contributed by atoms with E-state index in [1.54, 1.807) is 7.11 Å². The highest BCUT2D eigenvalue weighted by molar-refractivity contribution is 5.93. The van der Waals surface area contributed by atoms with Crippen LogP contribution in [0.25, 0.3) is 0 Å². The van der Waals surface area contributed by atoms with Crippen LogP contribution in [0.2, 0.25) is 0 Å². The number of nitrogens with one attached hydrogen (secondary N) is 1. The van der Waals surface area contributed by atoms with Crippen LogP contribution in [-0.2, 0) is 4.74 Å². The lowest BCUT2D eigenvalue weighted by atomic mass is 10.3. The Morgan fingerprint density at radius 3 is 3.25 bits per heavy atom. The van der Waals surface area contributed by atoms with Gasteiger partial charge in [-0.2, -0.15) is 0 Å². The number of carbonyl (C=O) groups excluding carboxylic acids is 1. The molecule has 0 spiro atoms. The maximum Gasteiger partial charge on any atom is 0.256 e. The first-order valence-corrected chi connectivity index (χ1v) is 3.51. The fourth-order valence-electron chi connectivity index (χ4n) is 0.686. The van der Waals surface area contributed by atoms with Gasteiger partial charge in [0.05, 0.1) is 18.4 Å². The van der Waals surface area contributed by atoms with Gasteiger partial charge in [0.25, 0.3) is 5.91 Å². The van der Waals surface area contributed by atoms with Crippen LogP contribution < -0.4 is 5.32 Å². The molecule has 0 saturated heterocycles. The fraction of sp³-hybridized carbons (Fsp3) is 0.429. The van der Waals surface area contributed by atoms with Crippen molar-refractivity contribution in [2.45, 2.75) is 0 Å². The quantitative estimate of drug-likeness (QED) is 0.648. The Morgan fingerprint density at radius 2 is 2.67 bits per heavy atom. The Hall–Kier alpha value is -1.36. The molecule has 66 valence electrons. The average Bonchev–Trinajstić information content (AvgIpc) is 2.56. The van der Waals surface area contributed by atoms with Crippen molar-refractivity contribution in [1.29, 1.82) is 0 Å². The highest BCUT2D eigenvalue weighted by atomic mass is 16.5. The standard InChI is InChI=1S/C7H10N2O3/c1-11-3-2-8-7(10)6-4-9-12-5-6/h4-5H,2-3H2,1H3,(H,8,10). The van der Waals surface area contributed by atoms with Gasteiger partial charge < -0.3 is 14.6 Å². The summed E-state index contributed by atoms with van der Waals surface area (Å²) < 4.78 is 9.26. The Morgan fingerprint density at radius 1 is 1.83 bits per heavy atom. The zero-order chi connectivity index (χ0) is 8.81. The molecule has 0 fully saturated rings. The van der Waals surface area contributed by atoms with Crippen molar-refractivity contribution in [2.75, 3.05) is 20.3 Å². The monoisotopic (exact) mass is 170 g/mol. The van der Waals surface area contributed by atoms with Gasteiger partial charge in [0.2, 0.25) is 0 Å². The highest BCUT2D eigenvalue weighted by Crippen LogP contribution is 1.94. The van der Waals surface area contributed by atoms with Crippen LogP contribution in [0.4, 0.5) is 0 Å². The van der Waals surface area contributed by atoms with E-state index in [1.807, 2.05) is 0 Å². The summed E-state index contributed by atoms with van der Waals surface area (Å²) in [5.41, 5.74) is 0.422. The van der Waals surface area contributed by atoms with Gasteiger partial charge in [-0.05, 0) is 0 Å². The number of rotatable bonds is 4. The van der Waals surface area contributed by atoms with E-state index in [0.717, 1.165) is 0 Å². The molecule has 0 saturated carbocycles. The summed E-state index contributed by atoms with van der Waals surface area (Å²) in [7, 11) is 1.57. The van der Waals surface area contributed by atoms with E-state index in [9.17, 15) is 4.79 Å². The Balaban J connectivity index is 2.30. The molecule has 0 aliphatic heterocycles. The molecule has 1 heterocycles. The normalized spacial score (nSPS) is 9.75. The second-order valence-corrected chi connectivity index (χ2v) is 2.16. The molecule has 0 atom stereocenters. The lowest BCUT2D eigenvalue weighted by molar-refractivity contribution is 0.0936. The first-order chi connectivity index (χ1) is 5.84. The number of ether oxygens (including phenoxy) is 1. The smallest absolute Gasteiger partial charge is 0.256 e. The summed E-state index contributed by atoms with van der Waals surface area (Å²) in [6.45, 7) is 0.984. The van der Waals surface area contributed by atoms with Crippen LogP contribution >= 0.6 is 0 Å². The number of nitrogens with zero attached hydrogens (tertiary/aromatic N) is 1. The largest absolute Gasteiger partial charge is 0.383 e. The van der Waals surface area contributed by atoms with E-state index in [1.165, 1.54) is 12.5 Å². The highest BCUT2D eigenvalue weighted by Gasteiger charge is 2.05. The predicted molar refractivity (Wildman–Crippen MR) is 40.7 cm³/mol. The van der Waals surface area contributed by atoms with Crippen molar-refractivity contribution >= 4 is 5.91 Å². The molecule has 1 aromatic heterocycles. The van der Waals surface area contributed by atoms with Crippen LogP contribution in [0.15, 0.2) is 17.0 Å². The SMILES string of the molecule is COCCNC(=O)c1cnoc1. The van der Waals surface area contributed by atoms with Crippen LogP contribution in [0.1, 0.15) is 10.4 Å². The first-order valence-electron chi connectivity index (χ1n) is 3.51. The number of amides is 1. The number of hydrogen-bond donors (Lipinski definition) is 1. The third-order valence-corrected chi connectivity index (χ3v) is 1.29. The number of methoxy groups -OCH3 is 1. The molecule has 5 nitrogen and oxygen atoms in total. The third kappa shape index (κ3) is 2.35. The van der Waals surface area contributed by atoms with Crippen molar-refractivity contribution < 1.29 is 14.1 Å². The molecule has 1 N–H and O–H groups in total. The summed E-state index contributed by atoms with van der Waals surface area (Å²) in [5.74, 6) is -0.201. The van der Waals surface area contributed by atoms with Crippen LogP contribution in [0.3, 0.4) is 0 Å². The molecule has 0 bridgehead atoms. The minimum absolute atomic E-state index is 0.201. The number of aromatic nitrogens is 1. The zero-order valence-electron chi connectivity index (χ0n) is 6.74. The van der Waals surface area contributed by atoms with Gasteiger partial charge in [-0.15, -0.1) is 0 Å². The molecule has 1 rings (SSSR count). The molecule has 1 amide bonds. The number of carbonyl (C=O) groups is 1. The first kappa shape index (κ1) is 8.73. The van der Waals surface area contributed by atoms with E-state index in [0.29, 0.717) is 18.7 Å². The van der Waals surface area contributed by atoms with E-state index >= 15 is 0 Å². The van der Waals surface area contributed by atoms with Crippen molar-refractivity contribution in [2.24, 2.45) is 0 Å². The maximum atomic E-state index is 11.1. The van der Waals surface area contributed by atoms with Crippen molar-refractivity contribution in [3.05, 3.63) is 18.0 Å². The van der Waals surface area contributed by atoms with Gasteiger partial charge in [0.15, 0.2) is 0 Å². The molecule has 0 radical (unpaired) electrons. The molecule has 5 heteroatoms. The van der Waals surface area contributed by atoms with Crippen molar-refractivity contribution in [3.8, 4) is 0 Å². The summed E-state index contributed by atoms with van der Waals surface area (Å²) in [6.07, 6.45) is 2.66. The van der Waals surface area contributed by atoms with E-state index < -0.39 is 0 Å². The minimum Gasteiger partial charge on any atom is -0.383 e. The van der Waals surface area contributed by atoms with E-state index in [2.05, 4.69) is 15.0 Å². The second-order valence-electron chi connectivity index (χ2n) is 2.16. The summed E-state index contributed by atoms with van der Waals surface area (Å²) in [5, 5.41) is 6.03. The number of hydrogen-bond acceptors (Lipinski definition) is 4. The third-order valence-electron chi connectivity index (χ3n) is 1.29. The van der Waals surface area contributed by atoms with Gasteiger partial charge in [-0.25, -0.2) is 0 Å². The summed E-state index contributed by atoms with van der Waals surface area (Å²) >= 11 is 0. The molecule has 1 aromatic rings. The van der Waals surface area contributed by atoms with Crippen molar-refractivity contribution in [3.63, 3.8) is 0 Å². The van der Waals surface area contributed by atoms with Gasteiger partial charge in [0, 0.05) is 13.7 Å². The summed E-state index contributed by atoms with van der Waals surface area (Å²) in [4.78, 5) is 11.1. The molecule has 0 aliphatic rings. The predicted octanol–water partition coefficient (Wildman–Crippen LogP) is 0.0508. The molecule has 0 unspecified atom stereocenters. The van der Waals surface area contributed by atoms with E-state index in [4.69, 9.17) is 4.74 Å². The van der Waals surface area contributed by atoms with Crippen LogP contribution in [-0.4, -0.2) is 31.3 Å². The maximum absolute atomic E-state index is 11.1. The topological polar surface area (TPSA) is 64.4 Å². The second kappa shape index (κ2) is 4.50. The van der Waals surface area contributed by atoms with Crippen LogP contribution in [0.5, 0.6) is 0 Å². The van der Waals surface area contributed by atoms with Gasteiger partial charge in [-0.1, -0.05) is 5.16 Å². The minimum atomic E-state index is -0.201. The van der Waals surface area contributed by atoms with Gasteiger partial charge >= 0.3 is 0 Å². The van der Waals surface area contributed by atoms with Gasteiger partial charge in [0.1, 0.15) is 6.26 Å². The molecule has 12 heavy (non-hydrogen) atoms. The summed E-state index contributed by atoms with van der Waals surface area (Å²) in [6, 6.07) is 0. The molecular weight excluding hydrogens is 160 g/mol. The Labute approximate surface area is 69.7 Å². The van der Waals surface area contributed by atoms with E-state index in [-0.39, 0.29) is 5.91 Å². The Bertz CT molecular complexity index is 233. The average molecular weight is 170 g/mol. The lowest BCUT2D eigenvalue weighted by Gasteiger charge is -2.00.